The van der Waals surface area contributed by atoms with Crippen LogP contribution >= 0.6 is 15.9 Å². The minimum absolute atomic E-state index is 0.184. The van der Waals surface area contributed by atoms with Gasteiger partial charge in [-0.05, 0) is 49.2 Å². The summed E-state index contributed by atoms with van der Waals surface area (Å²) in [4.78, 5) is 13.9. The van der Waals surface area contributed by atoms with Crippen molar-refractivity contribution in [3.05, 3.63) is 28.9 Å². The number of halogens is 1. The van der Waals surface area contributed by atoms with Gasteiger partial charge in [-0.2, -0.15) is 5.10 Å². The van der Waals surface area contributed by atoms with Crippen molar-refractivity contribution in [2.75, 3.05) is 13.1 Å². The van der Waals surface area contributed by atoms with Gasteiger partial charge in [-0.15, -0.1) is 0 Å². The van der Waals surface area contributed by atoms with Crippen LogP contribution in [0.4, 0.5) is 4.79 Å². The highest BCUT2D eigenvalue weighted by Gasteiger charge is 2.31. The minimum atomic E-state index is -0.462. The molecule has 1 saturated heterocycles. The van der Waals surface area contributed by atoms with Crippen LogP contribution in [0.1, 0.15) is 33.2 Å². The molecule has 0 N–H and O–H groups in total. The highest BCUT2D eigenvalue weighted by atomic mass is 79.9. The second kappa shape index (κ2) is 5.57. The van der Waals surface area contributed by atoms with Gasteiger partial charge in [-0.1, -0.05) is 18.2 Å². The van der Waals surface area contributed by atoms with E-state index in [0.717, 1.165) is 21.9 Å². The van der Waals surface area contributed by atoms with Gasteiger partial charge in [-0.25, -0.2) is 4.79 Å². The summed E-state index contributed by atoms with van der Waals surface area (Å²) in [6, 6.07) is 8.30. The van der Waals surface area contributed by atoms with E-state index in [0.29, 0.717) is 13.1 Å². The number of benzene rings is 1. The molecule has 1 amide bonds. The van der Waals surface area contributed by atoms with E-state index in [9.17, 15) is 4.79 Å². The summed E-state index contributed by atoms with van der Waals surface area (Å²) in [7, 11) is 0. The molecule has 1 aliphatic heterocycles. The summed E-state index contributed by atoms with van der Waals surface area (Å²) in [6.45, 7) is 6.99. The molecule has 0 radical (unpaired) electrons. The number of carbonyl (C=O) groups is 1. The average molecular weight is 366 g/mol. The van der Waals surface area contributed by atoms with Crippen LogP contribution in [-0.4, -0.2) is 39.5 Å². The quantitative estimate of drug-likeness (QED) is 0.767. The lowest BCUT2D eigenvalue weighted by molar-refractivity contribution is 0.0288. The summed E-state index contributed by atoms with van der Waals surface area (Å²) in [6.07, 6.45) is 0.641. The standard InChI is InChI=1S/C16H20BrN3O2/c1-16(2,3)22-15(21)19-9-8-11(10-19)20-13-7-5-4-6-12(13)14(17)18-20/h4-7,11H,8-10H2,1-3H3. The number of hydrogen-bond donors (Lipinski definition) is 0. The van der Waals surface area contributed by atoms with E-state index >= 15 is 0 Å². The van der Waals surface area contributed by atoms with Crippen LogP contribution in [0.5, 0.6) is 0 Å². The van der Waals surface area contributed by atoms with E-state index in [1.165, 1.54) is 0 Å². The van der Waals surface area contributed by atoms with E-state index in [2.05, 4.69) is 27.1 Å². The lowest BCUT2D eigenvalue weighted by atomic mass is 10.2. The number of hydrogen-bond acceptors (Lipinski definition) is 3. The third-order valence-corrected chi connectivity index (χ3v) is 4.32. The molecule has 6 heteroatoms. The zero-order valence-corrected chi connectivity index (χ0v) is 14.6. The molecule has 2 heterocycles. The van der Waals surface area contributed by atoms with Crippen molar-refractivity contribution in [3.63, 3.8) is 0 Å². The van der Waals surface area contributed by atoms with E-state index < -0.39 is 5.60 Å². The Hall–Kier alpha value is -1.56. The van der Waals surface area contributed by atoms with Crippen molar-refractivity contribution in [1.82, 2.24) is 14.7 Å². The Kier molecular flexibility index (Phi) is 3.89. The molecular weight excluding hydrogens is 346 g/mol. The predicted molar refractivity (Wildman–Crippen MR) is 88.9 cm³/mol. The van der Waals surface area contributed by atoms with E-state index in [1.807, 2.05) is 43.7 Å². The van der Waals surface area contributed by atoms with E-state index in [1.54, 1.807) is 4.90 Å². The fourth-order valence-electron chi connectivity index (χ4n) is 2.76. The van der Waals surface area contributed by atoms with Gasteiger partial charge in [0.15, 0.2) is 0 Å². The van der Waals surface area contributed by atoms with Crippen molar-refractivity contribution in [1.29, 1.82) is 0 Å². The molecule has 0 bridgehead atoms. The normalized spacial score (nSPS) is 18.9. The number of amides is 1. The molecule has 1 aromatic heterocycles. The molecule has 22 heavy (non-hydrogen) atoms. The topological polar surface area (TPSA) is 47.4 Å². The zero-order valence-electron chi connectivity index (χ0n) is 13.0. The Balaban J connectivity index is 1.79. The first kappa shape index (κ1) is 15.3. The molecule has 5 nitrogen and oxygen atoms in total. The van der Waals surface area contributed by atoms with Crippen LogP contribution in [0.15, 0.2) is 28.9 Å². The van der Waals surface area contributed by atoms with E-state index in [-0.39, 0.29) is 12.1 Å². The number of nitrogens with zero attached hydrogens (tertiary/aromatic N) is 3. The largest absolute Gasteiger partial charge is 0.444 e. The number of para-hydroxylation sites is 1. The molecule has 2 aromatic rings. The molecule has 1 unspecified atom stereocenters. The summed E-state index contributed by atoms with van der Waals surface area (Å²) in [5.74, 6) is 0. The molecule has 0 aliphatic carbocycles. The molecule has 3 rings (SSSR count). The van der Waals surface area contributed by atoms with Crippen molar-refractivity contribution in [3.8, 4) is 0 Å². The van der Waals surface area contributed by atoms with Crippen LogP contribution in [-0.2, 0) is 4.74 Å². The monoisotopic (exact) mass is 365 g/mol. The summed E-state index contributed by atoms with van der Waals surface area (Å²) >= 11 is 3.51. The molecule has 118 valence electrons. The van der Waals surface area contributed by atoms with Crippen molar-refractivity contribution < 1.29 is 9.53 Å². The zero-order chi connectivity index (χ0) is 15.9. The van der Waals surface area contributed by atoms with Gasteiger partial charge in [0.05, 0.1) is 11.6 Å². The maximum atomic E-state index is 12.2. The molecule has 1 aromatic carbocycles. The third-order valence-electron chi connectivity index (χ3n) is 3.73. The molecule has 0 spiro atoms. The van der Waals surface area contributed by atoms with Crippen molar-refractivity contribution >= 4 is 32.9 Å². The average Bonchev–Trinajstić information content (AvgIpc) is 3.03. The second-order valence-electron chi connectivity index (χ2n) is 6.62. The Morgan fingerprint density at radius 2 is 2.09 bits per heavy atom. The second-order valence-corrected chi connectivity index (χ2v) is 7.37. The van der Waals surface area contributed by atoms with E-state index in [4.69, 9.17) is 4.74 Å². The van der Waals surface area contributed by atoms with Crippen LogP contribution < -0.4 is 0 Å². The summed E-state index contributed by atoms with van der Waals surface area (Å²) in [5, 5.41) is 5.69. The van der Waals surface area contributed by atoms with Gasteiger partial charge in [-0.3, -0.25) is 4.68 Å². The van der Waals surface area contributed by atoms with Crippen LogP contribution in [0.3, 0.4) is 0 Å². The molecular formula is C16H20BrN3O2. The van der Waals surface area contributed by atoms with Gasteiger partial charge in [0.2, 0.25) is 0 Å². The maximum absolute atomic E-state index is 12.2. The van der Waals surface area contributed by atoms with Gasteiger partial charge in [0.25, 0.3) is 0 Å². The number of carbonyl (C=O) groups excluding carboxylic acids is 1. The Morgan fingerprint density at radius 3 is 2.82 bits per heavy atom. The van der Waals surface area contributed by atoms with Crippen LogP contribution in [0.2, 0.25) is 0 Å². The Bertz CT molecular complexity index is 705. The maximum Gasteiger partial charge on any atom is 0.410 e. The smallest absolute Gasteiger partial charge is 0.410 e. The van der Waals surface area contributed by atoms with Crippen LogP contribution in [0, 0.1) is 0 Å². The third kappa shape index (κ3) is 2.97. The van der Waals surface area contributed by atoms with Gasteiger partial charge >= 0.3 is 6.09 Å². The lowest BCUT2D eigenvalue weighted by Crippen LogP contribution is -2.35. The Morgan fingerprint density at radius 1 is 1.36 bits per heavy atom. The van der Waals surface area contributed by atoms with Gasteiger partial charge in [0.1, 0.15) is 10.2 Å². The number of rotatable bonds is 1. The molecule has 1 fully saturated rings. The minimum Gasteiger partial charge on any atom is -0.444 e. The summed E-state index contributed by atoms with van der Waals surface area (Å²) in [5.41, 5.74) is 0.627. The Labute approximate surface area is 138 Å². The first-order valence-corrected chi connectivity index (χ1v) is 8.25. The SMILES string of the molecule is CC(C)(C)OC(=O)N1CCC(n2nc(Br)c3ccccc32)C1. The van der Waals surface area contributed by atoms with Crippen molar-refractivity contribution in [2.45, 2.75) is 38.8 Å². The number of fused-ring (bicyclic) bond motifs is 1. The highest BCUT2D eigenvalue weighted by molar-refractivity contribution is 9.10. The fraction of sp³-hybridized carbons (Fsp3) is 0.500. The lowest BCUT2D eigenvalue weighted by Gasteiger charge is -2.24. The number of aromatic nitrogens is 2. The molecule has 1 atom stereocenters. The highest BCUT2D eigenvalue weighted by Crippen LogP contribution is 2.30. The van der Waals surface area contributed by atoms with Crippen LogP contribution in [0.25, 0.3) is 10.9 Å². The molecule has 1 aliphatic rings. The first-order valence-electron chi connectivity index (χ1n) is 7.46. The number of likely N-dealkylation sites (tertiary alicyclic amines) is 1. The van der Waals surface area contributed by atoms with Crippen molar-refractivity contribution in [2.24, 2.45) is 0 Å². The van der Waals surface area contributed by atoms with Gasteiger partial charge in [0, 0.05) is 18.5 Å². The summed E-state index contributed by atoms with van der Waals surface area (Å²) < 4.78 is 8.31. The number of ether oxygens (including phenoxy) is 1. The van der Waals surface area contributed by atoms with Gasteiger partial charge < -0.3 is 9.64 Å². The fourth-order valence-corrected chi connectivity index (χ4v) is 3.27. The molecule has 0 saturated carbocycles. The predicted octanol–water partition coefficient (Wildman–Crippen LogP) is 3.98. The first-order chi connectivity index (χ1) is 10.3.